The Morgan fingerprint density at radius 1 is 1.47 bits per heavy atom. The van der Waals surface area contributed by atoms with Gasteiger partial charge in [0, 0.05) is 6.07 Å². The molecule has 1 atom stereocenters. The highest BCUT2D eigenvalue weighted by atomic mass is 19.1. The summed E-state index contributed by atoms with van der Waals surface area (Å²) in [6, 6.07) is 3.37. The summed E-state index contributed by atoms with van der Waals surface area (Å²) in [4.78, 5) is 21.0. The molecular formula is C11H12FNO6. The lowest BCUT2D eigenvalue weighted by Gasteiger charge is -2.12. The quantitative estimate of drug-likeness (QED) is 0.446. The number of halogens is 1. The van der Waals surface area contributed by atoms with Crippen molar-refractivity contribution >= 4 is 11.7 Å². The molecule has 0 N–H and O–H groups in total. The van der Waals surface area contributed by atoms with Gasteiger partial charge in [-0.2, -0.15) is 4.39 Å². The van der Waals surface area contributed by atoms with Crippen LogP contribution in [0.15, 0.2) is 18.2 Å². The Labute approximate surface area is 108 Å². The first kappa shape index (κ1) is 14.7. The smallest absolute Gasteiger partial charge is 0.381 e. The summed E-state index contributed by atoms with van der Waals surface area (Å²) in [5, 5.41) is 10.6. The van der Waals surface area contributed by atoms with E-state index in [1.165, 1.54) is 26.2 Å². The Balaban J connectivity index is 2.94. The largest absolute Gasteiger partial charge is 0.493 e. The molecule has 0 fully saturated rings. The van der Waals surface area contributed by atoms with E-state index in [2.05, 4.69) is 9.47 Å². The highest BCUT2D eigenvalue weighted by Crippen LogP contribution is 2.32. The molecule has 0 aliphatic rings. The van der Waals surface area contributed by atoms with E-state index in [1.54, 1.807) is 0 Å². The molecular weight excluding hydrogens is 261 g/mol. The first-order chi connectivity index (χ1) is 8.99. The molecule has 0 aliphatic heterocycles. The van der Waals surface area contributed by atoms with Crippen LogP contribution in [0.4, 0.5) is 10.1 Å². The van der Waals surface area contributed by atoms with Gasteiger partial charge in [0.15, 0.2) is 11.5 Å². The van der Waals surface area contributed by atoms with Crippen molar-refractivity contribution in [1.29, 1.82) is 0 Å². The minimum absolute atomic E-state index is 0.00527. The molecule has 0 aromatic heterocycles. The minimum atomic E-state index is -2.38. The fraction of sp³-hybridized carbons (Fsp3) is 0.364. The zero-order valence-corrected chi connectivity index (χ0v) is 10.3. The number of nitrogens with zero attached hydrogens (tertiary/aromatic N) is 1. The highest BCUT2D eigenvalue weighted by Gasteiger charge is 2.23. The number of carbonyl (C=O) groups excluding carboxylic acids is 1. The van der Waals surface area contributed by atoms with Crippen LogP contribution in [0.3, 0.4) is 0 Å². The molecule has 1 rings (SSSR count). The summed E-state index contributed by atoms with van der Waals surface area (Å²) in [5.41, 5.74) is -0.313. The number of methoxy groups -OCH3 is 1. The second kappa shape index (κ2) is 6.53. The molecule has 8 heteroatoms. The van der Waals surface area contributed by atoms with Gasteiger partial charge < -0.3 is 14.2 Å². The predicted octanol–water partition coefficient (Wildman–Crippen LogP) is 1.84. The van der Waals surface area contributed by atoms with E-state index >= 15 is 0 Å². The number of benzene rings is 1. The minimum Gasteiger partial charge on any atom is -0.493 e. The molecule has 19 heavy (non-hydrogen) atoms. The molecule has 0 heterocycles. The maximum Gasteiger partial charge on any atom is 0.381 e. The lowest BCUT2D eigenvalue weighted by molar-refractivity contribution is -0.385. The van der Waals surface area contributed by atoms with Gasteiger partial charge in [-0.25, -0.2) is 4.79 Å². The zero-order chi connectivity index (χ0) is 14.4. The summed E-state index contributed by atoms with van der Waals surface area (Å²) in [5.74, 6) is -1.40. The van der Waals surface area contributed by atoms with Gasteiger partial charge in [-0.05, 0) is 13.0 Å². The number of hydrogen-bond acceptors (Lipinski definition) is 6. The average Bonchev–Trinajstić information content (AvgIpc) is 2.38. The van der Waals surface area contributed by atoms with Crippen molar-refractivity contribution in [1.82, 2.24) is 0 Å². The first-order valence-electron chi connectivity index (χ1n) is 5.29. The number of ether oxygens (including phenoxy) is 3. The second-order valence-corrected chi connectivity index (χ2v) is 3.28. The highest BCUT2D eigenvalue weighted by molar-refractivity contribution is 5.73. The lowest BCUT2D eigenvalue weighted by Crippen LogP contribution is -2.24. The molecule has 0 saturated heterocycles. The van der Waals surface area contributed by atoms with Crippen LogP contribution in [-0.4, -0.2) is 31.0 Å². The van der Waals surface area contributed by atoms with Crippen molar-refractivity contribution in [3.8, 4) is 11.5 Å². The maximum atomic E-state index is 13.4. The Hall–Kier alpha value is -2.38. The third-order valence-corrected chi connectivity index (χ3v) is 2.06. The number of hydrogen-bond donors (Lipinski definition) is 0. The third-order valence-electron chi connectivity index (χ3n) is 2.06. The van der Waals surface area contributed by atoms with Gasteiger partial charge in [-0.3, -0.25) is 10.1 Å². The van der Waals surface area contributed by atoms with Crippen molar-refractivity contribution in [2.45, 2.75) is 13.3 Å². The SMILES string of the molecule is CCOC(=O)C(F)Oc1cc([N+](=O)[O-])ccc1OC. The van der Waals surface area contributed by atoms with Crippen LogP contribution in [-0.2, 0) is 9.53 Å². The van der Waals surface area contributed by atoms with Crippen LogP contribution >= 0.6 is 0 Å². The van der Waals surface area contributed by atoms with Crippen LogP contribution in [0.25, 0.3) is 0 Å². The van der Waals surface area contributed by atoms with Crippen LogP contribution in [0.5, 0.6) is 11.5 Å². The Morgan fingerprint density at radius 3 is 2.68 bits per heavy atom. The number of nitro benzene ring substituents is 1. The summed E-state index contributed by atoms with van der Waals surface area (Å²) < 4.78 is 27.3. The molecule has 0 saturated carbocycles. The molecule has 1 aromatic carbocycles. The van der Waals surface area contributed by atoms with Crippen molar-refractivity contribution in [3.63, 3.8) is 0 Å². The van der Waals surface area contributed by atoms with Gasteiger partial charge in [0.05, 0.1) is 24.7 Å². The number of alkyl halides is 1. The average molecular weight is 273 g/mol. The Bertz CT molecular complexity index is 478. The topological polar surface area (TPSA) is 87.9 Å². The lowest BCUT2D eigenvalue weighted by atomic mass is 10.3. The summed E-state index contributed by atoms with van der Waals surface area (Å²) >= 11 is 0. The molecule has 104 valence electrons. The third kappa shape index (κ3) is 3.80. The van der Waals surface area contributed by atoms with Gasteiger partial charge in [0.25, 0.3) is 5.69 Å². The first-order valence-corrected chi connectivity index (χ1v) is 5.29. The van der Waals surface area contributed by atoms with E-state index in [9.17, 15) is 19.3 Å². The van der Waals surface area contributed by atoms with E-state index in [0.29, 0.717) is 0 Å². The van der Waals surface area contributed by atoms with Gasteiger partial charge >= 0.3 is 12.3 Å². The van der Waals surface area contributed by atoms with Crippen molar-refractivity contribution in [2.24, 2.45) is 0 Å². The van der Waals surface area contributed by atoms with Gasteiger partial charge in [0.2, 0.25) is 0 Å². The van der Waals surface area contributed by atoms with Crippen molar-refractivity contribution in [2.75, 3.05) is 13.7 Å². The number of non-ortho nitro benzene ring substituents is 1. The maximum absolute atomic E-state index is 13.4. The van der Waals surface area contributed by atoms with Gasteiger partial charge in [0.1, 0.15) is 0 Å². The number of nitro groups is 1. The van der Waals surface area contributed by atoms with Crippen molar-refractivity contribution < 1.29 is 28.3 Å². The normalized spacial score (nSPS) is 11.5. The second-order valence-electron chi connectivity index (χ2n) is 3.28. The van der Waals surface area contributed by atoms with Gasteiger partial charge in [-0.1, -0.05) is 0 Å². The van der Waals surface area contributed by atoms with E-state index in [0.717, 1.165) is 6.07 Å². The van der Waals surface area contributed by atoms with Crippen LogP contribution in [0, 0.1) is 10.1 Å². The standard InChI is InChI=1S/C11H12FNO6/c1-3-18-11(14)10(12)19-9-6-7(13(15)16)4-5-8(9)17-2/h4-6,10H,3H2,1-2H3. The van der Waals surface area contributed by atoms with Crippen LogP contribution < -0.4 is 9.47 Å². The Morgan fingerprint density at radius 2 is 2.16 bits per heavy atom. The zero-order valence-electron chi connectivity index (χ0n) is 10.3. The van der Waals surface area contributed by atoms with Crippen LogP contribution in [0.2, 0.25) is 0 Å². The van der Waals surface area contributed by atoms with Gasteiger partial charge in [-0.15, -0.1) is 0 Å². The predicted molar refractivity (Wildman–Crippen MR) is 61.8 cm³/mol. The van der Waals surface area contributed by atoms with E-state index < -0.39 is 17.3 Å². The molecule has 0 radical (unpaired) electrons. The molecule has 1 unspecified atom stereocenters. The molecule has 0 bridgehead atoms. The van der Waals surface area contributed by atoms with E-state index in [4.69, 9.17) is 4.74 Å². The number of esters is 1. The summed E-state index contributed by atoms with van der Waals surface area (Å²) in [6.45, 7) is 1.51. The van der Waals surface area contributed by atoms with Crippen molar-refractivity contribution in [3.05, 3.63) is 28.3 Å². The fourth-order valence-corrected chi connectivity index (χ4v) is 1.24. The number of rotatable bonds is 6. The van der Waals surface area contributed by atoms with Crippen LogP contribution in [0.1, 0.15) is 6.92 Å². The fourth-order valence-electron chi connectivity index (χ4n) is 1.24. The number of carbonyl (C=O) groups is 1. The monoisotopic (exact) mass is 273 g/mol. The van der Waals surface area contributed by atoms with E-state index in [1.807, 2.05) is 0 Å². The molecule has 0 amide bonds. The summed E-state index contributed by atoms with van der Waals surface area (Å²) in [6.07, 6.45) is -2.38. The molecule has 0 spiro atoms. The molecule has 7 nitrogen and oxygen atoms in total. The molecule has 0 aliphatic carbocycles. The molecule has 1 aromatic rings. The Kier molecular flexibility index (Phi) is 5.04. The van der Waals surface area contributed by atoms with E-state index in [-0.39, 0.29) is 23.8 Å². The summed E-state index contributed by atoms with van der Waals surface area (Å²) in [7, 11) is 1.28.